The van der Waals surface area contributed by atoms with Crippen LogP contribution < -0.4 is 0 Å². The lowest BCUT2D eigenvalue weighted by atomic mass is 10.1. The number of ketones is 1. The van der Waals surface area contributed by atoms with Crippen molar-refractivity contribution in [2.24, 2.45) is 0 Å². The molecule has 0 saturated carbocycles. The molecular formula is C11H11FO3S. The number of benzene rings is 1. The number of halogens is 1. The van der Waals surface area contributed by atoms with Gasteiger partial charge in [-0.25, -0.2) is 4.39 Å². The number of hydrogen-bond donors (Lipinski definition) is 1. The summed E-state index contributed by atoms with van der Waals surface area (Å²) >= 11 is 1.03. The molecule has 0 aliphatic carbocycles. The number of aliphatic carboxylic acids is 1. The minimum atomic E-state index is -0.951. The zero-order valence-corrected chi connectivity index (χ0v) is 9.51. The molecule has 16 heavy (non-hydrogen) atoms. The van der Waals surface area contributed by atoms with Gasteiger partial charge in [0.15, 0.2) is 5.78 Å². The summed E-state index contributed by atoms with van der Waals surface area (Å²) in [5, 5.41) is 8.40. The Hall–Kier alpha value is -1.36. The summed E-state index contributed by atoms with van der Waals surface area (Å²) in [4.78, 5) is 21.8. The standard InChI is InChI=1S/C11H11FO3S/c1-7-4-8(2-3-9(7)12)10(13)5-16-6-11(14)15/h2-4H,5-6H2,1H3,(H,14,15). The highest BCUT2D eigenvalue weighted by Gasteiger charge is 2.08. The van der Waals surface area contributed by atoms with Crippen molar-refractivity contribution in [3.05, 3.63) is 35.1 Å². The van der Waals surface area contributed by atoms with Crippen molar-refractivity contribution >= 4 is 23.5 Å². The minimum Gasteiger partial charge on any atom is -0.481 e. The van der Waals surface area contributed by atoms with Crippen LogP contribution >= 0.6 is 11.8 Å². The summed E-state index contributed by atoms with van der Waals surface area (Å²) in [6.45, 7) is 1.58. The SMILES string of the molecule is Cc1cc(C(=O)CSCC(=O)O)ccc1F. The predicted octanol–water partition coefficient (Wildman–Crippen LogP) is 2.13. The first kappa shape index (κ1) is 12.7. The summed E-state index contributed by atoms with van der Waals surface area (Å²) < 4.78 is 12.9. The Bertz CT molecular complexity index is 418. The van der Waals surface area contributed by atoms with E-state index in [2.05, 4.69) is 0 Å². The Morgan fingerprint density at radius 3 is 2.62 bits per heavy atom. The molecule has 1 aromatic carbocycles. The van der Waals surface area contributed by atoms with Crippen LogP contribution in [0.15, 0.2) is 18.2 Å². The molecule has 0 aromatic heterocycles. The van der Waals surface area contributed by atoms with Gasteiger partial charge in [-0.2, -0.15) is 0 Å². The lowest BCUT2D eigenvalue weighted by molar-refractivity contribution is -0.133. The average Bonchev–Trinajstić information content (AvgIpc) is 2.21. The Labute approximate surface area is 96.7 Å². The van der Waals surface area contributed by atoms with Crippen LogP contribution in [0.4, 0.5) is 4.39 Å². The van der Waals surface area contributed by atoms with E-state index in [9.17, 15) is 14.0 Å². The molecule has 0 saturated heterocycles. The summed E-state index contributed by atoms with van der Waals surface area (Å²) in [7, 11) is 0. The van der Waals surface area contributed by atoms with Crippen LogP contribution in [-0.4, -0.2) is 28.4 Å². The quantitative estimate of drug-likeness (QED) is 0.804. The molecule has 1 N–H and O–H groups in total. The van der Waals surface area contributed by atoms with Gasteiger partial charge in [0.2, 0.25) is 0 Å². The molecule has 0 bridgehead atoms. The van der Waals surface area contributed by atoms with E-state index < -0.39 is 5.97 Å². The molecule has 0 radical (unpaired) electrons. The van der Waals surface area contributed by atoms with Gasteiger partial charge >= 0.3 is 5.97 Å². The second kappa shape index (κ2) is 5.65. The topological polar surface area (TPSA) is 54.4 Å². The van der Waals surface area contributed by atoms with Gasteiger partial charge in [0.25, 0.3) is 0 Å². The molecule has 0 heterocycles. The van der Waals surface area contributed by atoms with E-state index in [1.807, 2.05) is 0 Å². The first-order valence-electron chi connectivity index (χ1n) is 4.59. The van der Waals surface area contributed by atoms with Crippen molar-refractivity contribution in [2.45, 2.75) is 6.92 Å². The third kappa shape index (κ3) is 3.66. The number of thioether (sulfide) groups is 1. The molecule has 0 atom stereocenters. The normalized spacial score (nSPS) is 10.1. The fraction of sp³-hybridized carbons (Fsp3) is 0.273. The van der Waals surface area contributed by atoms with E-state index in [0.29, 0.717) is 11.1 Å². The Kier molecular flexibility index (Phi) is 4.49. The molecule has 1 aromatic rings. The second-order valence-electron chi connectivity index (χ2n) is 3.27. The lowest BCUT2D eigenvalue weighted by Crippen LogP contribution is -2.06. The molecule has 1 rings (SSSR count). The third-order valence-corrected chi connectivity index (χ3v) is 2.86. The molecule has 0 amide bonds. The largest absolute Gasteiger partial charge is 0.481 e. The lowest BCUT2D eigenvalue weighted by Gasteiger charge is -2.02. The van der Waals surface area contributed by atoms with Gasteiger partial charge in [0.05, 0.1) is 11.5 Å². The molecule has 86 valence electrons. The first-order valence-corrected chi connectivity index (χ1v) is 5.75. The van der Waals surface area contributed by atoms with E-state index >= 15 is 0 Å². The zero-order valence-electron chi connectivity index (χ0n) is 8.70. The molecular weight excluding hydrogens is 231 g/mol. The van der Waals surface area contributed by atoms with Crippen LogP contribution in [0.3, 0.4) is 0 Å². The molecule has 0 aliphatic heterocycles. The third-order valence-electron chi connectivity index (χ3n) is 1.94. The van der Waals surface area contributed by atoms with Crippen molar-refractivity contribution in [3.8, 4) is 0 Å². The van der Waals surface area contributed by atoms with Crippen LogP contribution in [0, 0.1) is 12.7 Å². The van der Waals surface area contributed by atoms with Gasteiger partial charge in [-0.3, -0.25) is 9.59 Å². The predicted molar refractivity (Wildman–Crippen MR) is 60.4 cm³/mol. The molecule has 0 fully saturated rings. The van der Waals surface area contributed by atoms with Crippen LogP contribution in [0.25, 0.3) is 0 Å². The van der Waals surface area contributed by atoms with E-state index in [0.717, 1.165) is 11.8 Å². The van der Waals surface area contributed by atoms with Crippen molar-refractivity contribution in [3.63, 3.8) is 0 Å². The summed E-state index contributed by atoms with van der Waals surface area (Å²) in [5.74, 6) is -1.50. The number of carbonyl (C=O) groups excluding carboxylic acids is 1. The fourth-order valence-electron chi connectivity index (χ4n) is 1.13. The number of aryl methyl sites for hydroxylation is 1. The Morgan fingerprint density at radius 2 is 2.06 bits per heavy atom. The zero-order chi connectivity index (χ0) is 12.1. The maximum Gasteiger partial charge on any atom is 0.313 e. The highest BCUT2D eigenvalue weighted by atomic mass is 32.2. The number of carbonyl (C=O) groups is 2. The van der Waals surface area contributed by atoms with Gasteiger partial charge in [-0.1, -0.05) is 0 Å². The molecule has 0 unspecified atom stereocenters. The Balaban J connectivity index is 2.59. The molecule has 0 aliphatic rings. The summed E-state index contributed by atoms with van der Waals surface area (Å²) in [6, 6.07) is 4.12. The number of carboxylic acids is 1. The molecule has 3 nitrogen and oxygen atoms in total. The highest BCUT2D eigenvalue weighted by Crippen LogP contribution is 2.12. The van der Waals surface area contributed by atoms with Crippen LogP contribution in [0.2, 0.25) is 0 Å². The van der Waals surface area contributed by atoms with Crippen molar-refractivity contribution < 1.29 is 19.1 Å². The van der Waals surface area contributed by atoms with Gasteiger partial charge in [-0.05, 0) is 30.7 Å². The number of rotatable bonds is 5. The van der Waals surface area contributed by atoms with Crippen molar-refractivity contribution in [2.75, 3.05) is 11.5 Å². The van der Waals surface area contributed by atoms with E-state index in [4.69, 9.17) is 5.11 Å². The van der Waals surface area contributed by atoms with Gasteiger partial charge < -0.3 is 5.11 Å². The summed E-state index contributed by atoms with van der Waals surface area (Å²) in [5.41, 5.74) is 0.825. The monoisotopic (exact) mass is 242 g/mol. The van der Waals surface area contributed by atoms with Crippen LogP contribution in [-0.2, 0) is 4.79 Å². The highest BCUT2D eigenvalue weighted by molar-refractivity contribution is 8.00. The number of Topliss-reactive ketones (excluding diaryl/α,β-unsaturated/α-hetero) is 1. The van der Waals surface area contributed by atoms with E-state index in [1.54, 1.807) is 6.92 Å². The fourth-order valence-corrected chi connectivity index (χ4v) is 1.76. The minimum absolute atomic E-state index is 0.0946. The molecule has 0 spiro atoms. The van der Waals surface area contributed by atoms with Gasteiger partial charge in [-0.15, -0.1) is 11.8 Å². The Morgan fingerprint density at radius 1 is 1.38 bits per heavy atom. The maximum absolute atomic E-state index is 12.9. The smallest absolute Gasteiger partial charge is 0.313 e. The van der Waals surface area contributed by atoms with Gasteiger partial charge in [0.1, 0.15) is 5.82 Å². The first-order chi connectivity index (χ1) is 7.50. The average molecular weight is 242 g/mol. The second-order valence-corrected chi connectivity index (χ2v) is 4.26. The van der Waals surface area contributed by atoms with E-state index in [1.165, 1.54) is 18.2 Å². The van der Waals surface area contributed by atoms with Crippen molar-refractivity contribution in [1.29, 1.82) is 0 Å². The number of hydrogen-bond acceptors (Lipinski definition) is 3. The van der Waals surface area contributed by atoms with Gasteiger partial charge in [0, 0.05) is 5.56 Å². The van der Waals surface area contributed by atoms with Crippen LogP contribution in [0.5, 0.6) is 0 Å². The van der Waals surface area contributed by atoms with Crippen LogP contribution in [0.1, 0.15) is 15.9 Å². The maximum atomic E-state index is 12.9. The van der Waals surface area contributed by atoms with E-state index in [-0.39, 0.29) is 23.1 Å². The summed E-state index contributed by atoms with van der Waals surface area (Å²) in [6.07, 6.45) is 0. The number of carboxylic acid groups (broad SMARTS) is 1. The van der Waals surface area contributed by atoms with Crippen molar-refractivity contribution in [1.82, 2.24) is 0 Å². The molecule has 5 heteroatoms.